The van der Waals surface area contributed by atoms with Crippen LogP contribution < -0.4 is 4.99 Å². The van der Waals surface area contributed by atoms with Crippen molar-refractivity contribution in [2.45, 2.75) is 0 Å². The molecule has 0 bridgehead atoms. The molecule has 0 aliphatic carbocycles. The van der Waals surface area contributed by atoms with E-state index in [1.807, 2.05) is 41.1 Å². The van der Waals surface area contributed by atoms with Gasteiger partial charge < -0.3 is 0 Å². The van der Waals surface area contributed by atoms with Gasteiger partial charge in [-0.15, -0.1) is 0 Å². The van der Waals surface area contributed by atoms with Gasteiger partial charge >= 0.3 is 5.82 Å². The van der Waals surface area contributed by atoms with E-state index in [9.17, 15) is 0 Å². The van der Waals surface area contributed by atoms with Gasteiger partial charge in [0.1, 0.15) is 18.6 Å². The van der Waals surface area contributed by atoms with E-state index in [2.05, 4.69) is 36.0 Å². The van der Waals surface area contributed by atoms with Crippen LogP contribution in [0.4, 0.5) is 5.82 Å². The number of hydrogen-bond acceptors (Lipinski definition) is 1. The standard InChI is InChI=1S/C17H13ClN2/c1-19-17-11-15(18)12-20(17)16-9-7-14(8-10-16)13-5-3-2-4-6-13/h2-12H,1H2/q+1. The molecule has 3 aromatic rings. The Bertz CT molecular complexity index is 727. The van der Waals surface area contributed by atoms with Crippen molar-refractivity contribution in [3.63, 3.8) is 0 Å². The fourth-order valence-corrected chi connectivity index (χ4v) is 2.39. The van der Waals surface area contributed by atoms with Crippen molar-refractivity contribution in [3.8, 4) is 16.8 Å². The van der Waals surface area contributed by atoms with Crippen LogP contribution in [0.15, 0.2) is 66.9 Å². The molecule has 3 heteroatoms. The van der Waals surface area contributed by atoms with Crippen molar-refractivity contribution >= 4 is 24.1 Å². The van der Waals surface area contributed by atoms with Crippen molar-refractivity contribution in [2.75, 3.05) is 0 Å². The molecule has 1 aromatic heterocycles. The number of aromatic nitrogens is 1. The maximum atomic E-state index is 6.01. The fourth-order valence-electron chi connectivity index (χ4n) is 2.19. The molecule has 1 heterocycles. The third kappa shape index (κ3) is 2.38. The lowest BCUT2D eigenvalue weighted by atomic mass is 10.1. The second kappa shape index (κ2) is 5.35. The van der Waals surface area contributed by atoms with Gasteiger partial charge in [0.15, 0.2) is 0 Å². The predicted molar refractivity (Wildman–Crippen MR) is 85.1 cm³/mol. The average molecular weight is 281 g/mol. The molecule has 0 saturated heterocycles. The van der Waals surface area contributed by atoms with Crippen molar-refractivity contribution in [1.82, 2.24) is 9.56 Å². The van der Waals surface area contributed by atoms with Crippen LogP contribution in [0.5, 0.6) is 0 Å². The number of nitrogens with zero attached hydrogens (tertiary/aromatic N) is 2. The molecule has 0 atom stereocenters. The normalized spacial score (nSPS) is 10.4. The topological polar surface area (TPSA) is 19.0 Å². The van der Waals surface area contributed by atoms with Crippen molar-refractivity contribution in [1.29, 1.82) is 0 Å². The highest BCUT2D eigenvalue weighted by molar-refractivity contribution is 6.30. The first-order valence-electron chi connectivity index (χ1n) is 6.28. The van der Waals surface area contributed by atoms with Gasteiger partial charge in [-0.1, -0.05) is 59.1 Å². The molecule has 97 valence electrons. The van der Waals surface area contributed by atoms with Gasteiger partial charge in [-0.3, -0.25) is 0 Å². The van der Waals surface area contributed by atoms with Crippen LogP contribution in [0, 0.1) is 0 Å². The monoisotopic (exact) mass is 280 g/mol. The van der Waals surface area contributed by atoms with E-state index in [-0.39, 0.29) is 0 Å². The smallest absolute Gasteiger partial charge is 0.195 e. The summed E-state index contributed by atoms with van der Waals surface area (Å²) in [4.78, 5) is 3.98. The third-order valence-corrected chi connectivity index (χ3v) is 3.39. The number of aliphatic imine (C=N–C) groups is 1. The van der Waals surface area contributed by atoms with E-state index in [1.54, 1.807) is 6.07 Å². The number of halogens is 1. The lowest BCUT2D eigenvalue weighted by Gasteiger charge is -2.02. The second-order valence-electron chi connectivity index (χ2n) is 4.46. The van der Waals surface area contributed by atoms with Gasteiger partial charge in [0.05, 0.1) is 11.1 Å². The highest BCUT2D eigenvalue weighted by Gasteiger charge is 2.14. The number of hydrogen-bond donors (Lipinski definition) is 0. The summed E-state index contributed by atoms with van der Waals surface area (Å²) in [5.41, 5.74) is 3.39. The maximum absolute atomic E-state index is 6.01. The molecular formula is C17H13ClN2+. The zero-order chi connectivity index (χ0) is 13.9. The van der Waals surface area contributed by atoms with Crippen molar-refractivity contribution in [3.05, 3.63) is 71.9 Å². The molecule has 0 aliphatic heterocycles. The molecule has 1 radical (unpaired) electrons. The molecule has 2 nitrogen and oxygen atoms in total. The molecule has 0 fully saturated rings. The minimum Gasteiger partial charge on any atom is -0.195 e. The van der Waals surface area contributed by atoms with Crippen LogP contribution in [-0.4, -0.2) is 11.3 Å². The minimum atomic E-state index is 0.652. The lowest BCUT2D eigenvalue weighted by Crippen LogP contribution is -1.94. The Morgan fingerprint density at radius 2 is 1.55 bits per heavy atom. The van der Waals surface area contributed by atoms with Crippen molar-refractivity contribution in [2.24, 2.45) is 0 Å². The van der Waals surface area contributed by atoms with Crippen LogP contribution in [0.1, 0.15) is 0 Å². The molecule has 0 amide bonds. The quantitative estimate of drug-likeness (QED) is 0.631. The van der Waals surface area contributed by atoms with Gasteiger partial charge in [0, 0.05) is 0 Å². The third-order valence-electron chi connectivity index (χ3n) is 3.18. The number of rotatable bonds is 3. The Morgan fingerprint density at radius 1 is 0.900 bits per heavy atom. The van der Waals surface area contributed by atoms with E-state index >= 15 is 0 Å². The van der Waals surface area contributed by atoms with Crippen LogP contribution in [0.25, 0.3) is 16.8 Å². The molecule has 0 spiro atoms. The van der Waals surface area contributed by atoms with E-state index in [0.717, 1.165) is 11.5 Å². The molecular weight excluding hydrogens is 268 g/mol. The van der Waals surface area contributed by atoms with Crippen LogP contribution >= 0.6 is 11.6 Å². The first kappa shape index (κ1) is 12.7. The summed E-state index contributed by atoms with van der Waals surface area (Å²) in [6, 6.07) is 20.3. The van der Waals surface area contributed by atoms with E-state index < -0.39 is 0 Å². The molecule has 0 aliphatic rings. The summed E-state index contributed by atoms with van der Waals surface area (Å²) in [7, 11) is 0. The van der Waals surface area contributed by atoms with Gasteiger partial charge in [0.25, 0.3) is 0 Å². The molecule has 0 saturated carbocycles. The Hall–Kier alpha value is -2.32. The minimum absolute atomic E-state index is 0.652. The largest absolute Gasteiger partial charge is 0.328 e. The Morgan fingerprint density at radius 3 is 2.20 bits per heavy atom. The van der Waals surface area contributed by atoms with E-state index in [1.165, 1.54) is 11.1 Å². The van der Waals surface area contributed by atoms with E-state index in [0.29, 0.717) is 5.02 Å². The molecule has 2 aromatic carbocycles. The van der Waals surface area contributed by atoms with Crippen LogP contribution in [-0.2, 0) is 0 Å². The molecule has 0 N–H and O–H groups in total. The van der Waals surface area contributed by atoms with Crippen LogP contribution in [0.2, 0.25) is 5.02 Å². The maximum Gasteiger partial charge on any atom is 0.328 e. The van der Waals surface area contributed by atoms with Gasteiger partial charge in [0.2, 0.25) is 0 Å². The zero-order valence-electron chi connectivity index (χ0n) is 10.8. The molecule has 0 unspecified atom stereocenters. The summed E-state index contributed by atoms with van der Waals surface area (Å²) < 4.78 is 1.92. The highest BCUT2D eigenvalue weighted by Crippen LogP contribution is 2.25. The van der Waals surface area contributed by atoms with Crippen molar-refractivity contribution < 1.29 is 0 Å². The highest BCUT2D eigenvalue weighted by atomic mass is 35.5. The summed E-state index contributed by atoms with van der Waals surface area (Å²) in [5, 5.41) is 0.652. The molecule has 20 heavy (non-hydrogen) atoms. The average Bonchev–Trinajstić information content (AvgIpc) is 2.89. The van der Waals surface area contributed by atoms with Gasteiger partial charge in [-0.25, -0.2) is 0 Å². The SMILES string of the molecule is C=[N+]c1cc(Cl)cn1-c1ccc(-c2ccccc2)cc1. The first-order valence-corrected chi connectivity index (χ1v) is 6.66. The summed E-state index contributed by atoms with van der Waals surface area (Å²) in [5.74, 6) is 0.738. The zero-order valence-corrected chi connectivity index (χ0v) is 11.6. The Balaban J connectivity index is 1.99. The Kier molecular flexibility index (Phi) is 3.40. The second-order valence-corrected chi connectivity index (χ2v) is 4.89. The van der Waals surface area contributed by atoms with E-state index in [4.69, 9.17) is 11.6 Å². The van der Waals surface area contributed by atoms with Gasteiger partial charge in [-0.05, 0) is 23.3 Å². The summed E-state index contributed by atoms with van der Waals surface area (Å²) >= 11 is 6.01. The summed E-state index contributed by atoms with van der Waals surface area (Å²) in [6.45, 7) is 3.57. The van der Waals surface area contributed by atoms with Gasteiger partial charge in [-0.2, -0.15) is 4.57 Å². The number of benzene rings is 2. The Labute approximate surface area is 123 Å². The fraction of sp³-hybridized carbons (Fsp3) is 0. The first-order chi connectivity index (χ1) is 9.78. The summed E-state index contributed by atoms with van der Waals surface area (Å²) in [6.07, 6.45) is 1.84. The lowest BCUT2D eigenvalue weighted by molar-refractivity contribution is 1.05. The van der Waals surface area contributed by atoms with Crippen LogP contribution in [0.3, 0.4) is 0 Å². The predicted octanol–water partition coefficient (Wildman–Crippen LogP) is 4.47. The molecule has 3 rings (SSSR count).